The quantitative estimate of drug-likeness (QED) is 0.216. The van der Waals surface area contributed by atoms with Gasteiger partial charge in [0.1, 0.15) is 11.4 Å². The number of ether oxygens (including phenoxy) is 4. The third-order valence-electron chi connectivity index (χ3n) is 7.19. The second-order valence-corrected chi connectivity index (χ2v) is 10.2. The minimum Gasteiger partial charge on any atom is -0.493 e. The summed E-state index contributed by atoms with van der Waals surface area (Å²) in [6.07, 6.45) is 1.26. The third-order valence-corrected chi connectivity index (χ3v) is 7.19. The molecule has 2 aromatic carbocycles. The lowest BCUT2D eigenvalue weighted by Gasteiger charge is -2.31. The maximum absolute atomic E-state index is 12.2. The van der Waals surface area contributed by atoms with Crippen LogP contribution in [-0.2, 0) is 15.9 Å². The summed E-state index contributed by atoms with van der Waals surface area (Å²) in [5, 5.41) is 13.8. The van der Waals surface area contributed by atoms with Crippen LogP contribution in [0.5, 0.6) is 11.5 Å². The van der Waals surface area contributed by atoms with Crippen LogP contribution in [0.2, 0.25) is 0 Å². The van der Waals surface area contributed by atoms with Crippen molar-refractivity contribution in [3.8, 4) is 11.5 Å². The molecule has 1 aliphatic rings. The van der Waals surface area contributed by atoms with Crippen molar-refractivity contribution in [1.29, 1.82) is 0 Å². The Bertz CT molecular complexity index is 1080. The standard InChI is InChI=1S/C28H43N3O7/c1-18(2)20(14-19-6-7-23(36-4)24(15-19)38-11-5-10-35-3)16-21(29)22(32)17-30-25-26(28(34)27(25)33)31-8-12-37-13-9-31/h6-7,15,18,20-22,30,32H,5,8-14,16-17,29H2,1-4H3/t20-,21-,22-/m0/s1. The Kier molecular flexibility index (Phi) is 11.4. The molecule has 1 aliphatic heterocycles. The summed E-state index contributed by atoms with van der Waals surface area (Å²) in [6, 6.07) is 5.44. The van der Waals surface area contributed by atoms with E-state index in [1.807, 2.05) is 23.1 Å². The molecular formula is C28H43N3O7. The predicted octanol–water partition coefficient (Wildman–Crippen LogP) is 1.55. The van der Waals surface area contributed by atoms with Crippen LogP contribution in [0, 0.1) is 11.8 Å². The molecule has 212 valence electrons. The lowest BCUT2D eigenvalue weighted by molar-refractivity contribution is 0.122. The number of benzene rings is 1. The van der Waals surface area contributed by atoms with Gasteiger partial charge in [0.15, 0.2) is 11.5 Å². The van der Waals surface area contributed by atoms with Gasteiger partial charge < -0.3 is 40.0 Å². The Morgan fingerprint density at radius 1 is 1.11 bits per heavy atom. The molecule has 0 spiro atoms. The normalized spacial score (nSPS) is 16.4. The summed E-state index contributed by atoms with van der Waals surface area (Å²) < 4.78 is 21.8. The van der Waals surface area contributed by atoms with Gasteiger partial charge in [0.2, 0.25) is 0 Å². The van der Waals surface area contributed by atoms with Gasteiger partial charge in [0.25, 0.3) is 10.9 Å². The average Bonchev–Trinajstić information content (AvgIpc) is 2.92. The summed E-state index contributed by atoms with van der Waals surface area (Å²) >= 11 is 0. The number of aliphatic hydroxyl groups excluding tert-OH is 1. The molecule has 0 aromatic heterocycles. The van der Waals surface area contributed by atoms with Crippen molar-refractivity contribution >= 4 is 11.4 Å². The number of anilines is 2. The zero-order valence-corrected chi connectivity index (χ0v) is 23.0. The number of nitrogens with two attached hydrogens (primary N) is 1. The van der Waals surface area contributed by atoms with Crippen molar-refractivity contribution < 1.29 is 24.1 Å². The molecular weight excluding hydrogens is 490 g/mol. The largest absolute Gasteiger partial charge is 0.493 e. The maximum atomic E-state index is 12.2. The molecule has 38 heavy (non-hydrogen) atoms. The van der Waals surface area contributed by atoms with Gasteiger partial charge in [-0.15, -0.1) is 0 Å². The first-order chi connectivity index (χ1) is 18.3. The van der Waals surface area contributed by atoms with Gasteiger partial charge in [0.05, 0.1) is 33.0 Å². The van der Waals surface area contributed by atoms with E-state index >= 15 is 0 Å². The molecule has 1 fully saturated rings. The van der Waals surface area contributed by atoms with Gasteiger partial charge in [-0.2, -0.15) is 0 Å². The number of hydrogen-bond donors (Lipinski definition) is 3. The van der Waals surface area contributed by atoms with Crippen molar-refractivity contribution in [3.63, 3.8) is 0 Å². The zero-order valence-electron chi connectivity index (χ0n) is 23.0. The van der Waals surface area contributed by atoms with Crippen LogP contribution in [0.3, 0.4) is 0 Å². The summed E-state index contributed by atoms with van der Waals surface area (Å²) in [5.74, 6) is 1.92. The fourth-order valence-corrected chi connectivity index (χ4v) is 4.74. The third kappa shape index (κ3) is 7.69. The SMILES string of the molecule is COCCCOc1cc(C[C@@H](C[C@H](N)[C@@H](O)CNc2c(N3CCOCC3)c(=O)c2=O)C(C)C)ccc1OC. The maximum Gasteiger partial charge on any atom is 0.253 e. The van der Waals surface area contributed by atoms with E-state index in [2.05, 4.69) is 19.2 Å². The molecule has 10 heteroatoms. The lowest BCUT2D eigenvalue weighted by atomic mass is 9.83. The van der Waals surface area contributed by atoms with Crippen molar-refractivity contribution in [1.82, 2.24) is 0 Å². The monoisotopic (exact) mass is 533 g/mol. The van der Waals surface area contributed by atoms with Crippen LogP contribution in [0.15, 0.2) is 27.8 Å². The fraction of sp³-hybridized carbons (Fsp3) is 0.643. The number of hydrogen-bond acceptors (Lipinski definition) is 10. The van der Waals surface area contributed by atoms with E-state index in [1.54, 1.807) is 14.2 Å². The molecule has 0 aliphatic carbocycles. The first-order valence-corrected chi connectivity index (χ1v) is 13.4. The van der Waals surface area contributed by atoms with E-state index in [4.69, 9.17) is 24.7 Å². The van der Waals surface area contributed by atoms with Crippen LogP contribution in [-0.4, -0.2) is 77.5 Å². The average molecular weight is 534 g/mol. The molecule has 0 saturated carbocycles. The van der Waals surface area contributed by atoms with E-state index in [0.29, 0.717) is 69.0 Å². The summed E-state index contributed by atoms with van der Waals surface area (Å²) in [4.78, 5) is 26.2. The van der Waals surface area contributed by atoms with Crippen molar-refractivity contribution in [2.24, 2.45) is 17.6 Å². The highest BCUT2D eigenvalue weighted by Crippen LogP contribution is 2.31. The van der Waals surface area contributed by atoms with Gasteiger partial charge in [-0.3, -0.25) is 9.59 Å². The van der Waals surface area contributed by atoms with E-state index in [1.165, 1.54) is 0 Å². The molecule has 1 heterocycles. The van der Waals surface area contributed by atoms with E-state index in [9.17, 15) is 14.7 Å². The van der Waals surface area contributed by atoms with Crippen LogP contribution in [0.4, 0.5) is 11.4 Å². The highest BCUT2D eigenvalue weighted by Gasteiger charge is 2.29. The Labute approximate surface area is 224 Å². The van der Waals surface area contributed by atoms with Gasteiger partial charge >= 0.3 is 0 Å². The topological polar surface area (TPSA) is 133 Å². The highest BCUT2D eigenvalue weighted by atomic mass is 16.5. The molecule has 0 amide bonds. The van der Waals surface area contributed by atoms with E-state index < -0.39 is 23.0 Å². The van der Waals surface area contributed by atoms with Crippen LogP contribution in [0.1, 0.15) is 32.3 Å². The number of morpholine rings is 1. The fourth-order valence-electron chi connectivity index (χ4n) is 4.74. The second-order valence-electron chi connectivity index (χ2n) is 10.2. The highest BCUT2D eigenvalue weighted by molar-refractivity contribution is 5.75. The van der Waals surface area contributed by atoms with Crippen LogP contribution in [0.25, 0.3) is 0 Å². The molecule has 0 bridgehead atoms. The van der Waals surface area contributed by atoms with E-state index in [-0.39, 0.29) is 18.2 Å². The van der Waals surface area contributed by atoms with Crippen molar-refractivity contribution in [2.45, 2.75) is 45.3 Å². The number of nitrogens with zero attached hydrogens (tertiary/aromatic N) is 1. The minimum absolute atomic E-state index is 0.0934. The summed E-state index contributed by atoms with van der Waals surface area (Å²) in [6.45, 7) is 7.68. The molecule has 2 aromatic rings. The minimum atomic E-state index is -0.881. The molecule has 10 nitrogen and oxygen atoms in total. The Morgan fingerprint density at radius 3 is 2.50 bits per heavy atom. The first-order valence-electron chi connectivity index (χ1n) is 13.4. The summed E-state index contributed by atoms with van der Waals surface area (Å²) in [7, 11) is 3.29. The van der Waals surface area contributed by atoms with Gasteiger partial charge in [-0.1, -0.05) is 19.9 Å². The van der Waals surface area contributed by atoms with Crippen molar-refractivity contribution in [3.05, 3.63) is 44.2 Å². The Hall–Kier alpha value is -2.66. The van der Waals surface area contributed by atoms with Crippen LogP contribution >= 0.6 is 0 Å². The smallest absolute Gasteiger partial charge is 0.253 e. The van der Waals surface area contributed by atoms with Crippen LogP contribution < -0.4 is 36.3 Å². The number of aliphatic hydroxyl groups is 1. The number of nitrogens with one attached hydrogen (secondary N) is 1. The lowest BCUT2D eigenvalue weighted by Crippen LogP contribution is -2.48. The Balaban J connectivity index is 1.58. The molecule has 3 atom stereocenters. The summed E-state index contributed by atoms with van der Waals surface area (Å²) in [5.41, 5.74) is 7.14. The number of rotatable bonds is 16. The molecule has 4 N–H and O–H groups in total. The molecule has 0 radical (unpaired) electrons. The van der Waals surface area contributed by atoms with Crippen molar-refractivity contribution in [2.75, 3.05) is 70.5 Å². The first kappa shape index (κ1) is 29.9. The zero-order chi connectivity index (χ0) is 27.7. The van der Waals surface area contributed by atoms with Gasteiger partial charge in [-0.05, 0) is 42.4 Å². The Morgan fingerprint density at radius 2 is 1.84 bits per heavy atom. The number of methoxy groups -OCH3 is 2. The van der Waals surface area contributed by atoms with Gasteiger partial charge in [-0.25, -0.2) is 0 Å². The van der Waals surface area contributed by atoms with Gasteiger partial charge in [0, 0.05) is 45.8 Å². The van der Waals surface area contributed by atoms with E-state index in [0.717, 1.165) is 18.4 Å². The predicted molar refractivity (Wildman–Crippen MR) is 148 cm³/mol. The molecule has 0 unspecified atom stereocenters. The molecule has 3 rings (SSSR count). The second kappa shape index (κ2) is 14.5. The molecule has 1 saturated heterocycles.